The first-order valence-corrected chi connectivity index (χ1v) is 3.29. The molecular formula is C8H7FN2. The van der Waals surface area contributed by atoms with Gasteiger partial charge in [0.2, 0.25) is 0 Å². The molecule has 0 amide bonds. The molecule has 0 saturated heterocycles. The molecule has 3 heteroatoms. The predicted octanol–water partition coefficient (Wildman–Crippen LogP) is 1.89. The first kappa shape index (κ1) is 6.22. The fraction of sp³-hybridized carbons (Fsp3) is 0. The third-order valence-corrected chi connectivity index (χ3v) is 1.67. The van der Waals surface area contributed by atoms with Gasteiger partial charge in [0.15, 0.2) is 0 Å². The van der Waals surface area contributed by atoms with E-state index in [0.717, 1.165) is 10.9 Å². The van der Waals surface area contributed by atoms with Gasteiger partial charge in [-0.15, -0.1) is 0 Å². The standard InChI is InChI=1S/C8H7FN2/c9-6-4-8-5(1-2-11-8)3-7(6)10/h1-4,11H,10H2. The SMILES string of the molecule is Nc1cc2cc[nH]c2cc1F. The maximum absolute atomic E-state index is 12.8. The second-order valence-electron chi connectivity index (χ2n) is 2.44. The van der Waals surface area contributed by atoms with Gasteiger partial charge >= 0.3 is 0 Å². The maximum atomic E-state index is 12.8. The molecule has 0 aliphatic heterocycles. The van der Waals surface area contributed by atoms with Crippen molar-refractivity contribution in [1.29, 1.82) is 0 Å². The molecule has 2 rings (SSSR count). The van der Waals surface area contributed by atoms with Gasteiger partial charge in [-0.05, 0) is 12.1 Å². The first-order chi connectivity index (χ1) is 5.27. The molecular weight excluding hydrogens is 143 g/mol. The van der Waals surface area contributed by atoms with Crippen molar-refractivity contribution < 1.29 is 4.39 Å². The Morgan fingerprint density at radius 3 is 3.00 bits per heavy atom. The van der Waals surface area contributed by atoms with E-state index < -0.39 is 0 Å². The fourth-order valence-corrected chi connectivity index (χ4v) is 1.09. The minimum absolute atomic E-state index is 0.192. The first-order valence-electron chi connectivity index (χ1n) is 3.29. The van der Waals surface area contributed by atoms with E-state index in [4.69, 9.17) is 5.73 Å². The van der Waals surface area contributed by atoms with E-state index in [1.807, 2.05) is 6.07 Å². The van der Waals surface area contributed by atoms with E-state index in [1.54, 1.807) is 12.3 Å². The number of nitrogen functional groups attached to an aromatic ring is 1. The Kier molecular flexibility index (Phi) is 1.12. The summed E-state index contributed by atoms with van der Waals surface area (Å²) in [7, 11) is 0. The lowest BCUT2D eigenvalue weighted by Crippen LogP contribution is -1.88. The van der Waals surface area contributed by atoms with Crippen molar-refractivity contribution in [2.24, 2.45) is 0 Å². The number of rotatable bonds is 0. The Morgan fingerprint density at radius 1 is 1.36 bits per heavy atom. The van der Waals surface area contributed by atoms with Gasteiger partial charge in [0.25, 0.3) is 0 Å². The summed E-state index contributed by atoms with van der Waals surface area (Å²) in [6.45, 7) is 0. The monoisotopic (exact) mass is 150 g/mol. The third-order valence-electron chi connectivity index (χ3n) is 1.67. The van der Waals surface area contributed by atoms with Crippen molar-refractivity contribution in [3.63, 3.8) is 0 Å². The zero-order valence-electron chi connectivity index (χ0n) is 5.76. The molecule has 0 aliphatic carbocycles. The summed E-state index contributed by atoms with van der Waals surface area (Å²) in [6, 6.07) is 4.86. The summed E-state index contributed by atoms with van der Waals surface area (Å²) in [5, 5.41) is 0.934. The van der Waals surface area contributed by atoms with Gasteiger partial charge in [-0.1, -0.05) is 0 Å². The van der Waals surface area contributed by atoms with Crippen molar-refractivity contribution in [2.45, 2.75) is 0 Å². The zero-order valence-corrected chi connectivity index (χ0v) is 5.76. The molecule has 0 radical (unpaired) electrons. The number of hydrogen-bond donors (Lipinski definition) is 2. The van der Waals surface area contributed by atoms with E-state index in [1.165, 1.54) is 6.07 Å². The summed E-state index contributed by atoms with van der Waals surface area (Å²) in [4.78, 5) is 2.89. The van der Waals surface area contributed by atoms with Crippen LogP contribution in [0.4, 0.5) is 10.1 Å². The van der Waals surface area contributed by atoms with E-state index in [-0.39, 0.29) is 11.5 Å². The van der Waals surface area contributed by atoms with Crippen LogP contribution >= 0.6 is 0 Å². The Balaban J connectivity index is 2.86. The van der Waals surface area contributed by atoms with Crippen LogP contribution in [0.2, 0.25) is 0 Å². The highest BCUT2D eigenvalue weighted by atomic mass is 19.1. The number of fused-ring (bicyclic) bond motifs is 1. The lowest BCUT2D eigenvalue weighted by molar-refractivity contribution is 0.634. The van der Waals surface area contributed by atoms with Crippen LogP contribution < -0.4 is 5.73 Å². The van der Waals surface area contributed by atoms with Crippen LogP contribution in [0.5, 0.6) is 0 Å². The van der Waals surface area contributed by atoms with Crippen LogP contribution in [0.3, 0.4) is 0 Å². The molecule has 2 nitrogen and oxygen atoms in total. The second-order valence-corrected chi connectivity index (χ2v) is 2.44. The van der Waals surface area contributed by atoms with Crippen molar-refractivity contribution in [3.8, 4) is 0 Å². The number of aromatic nitrogens is 1. The molecule has 0 bridgehead atoms. The lowest BCUT2D eigenvalue weighted by atomic mass is 10.2. The highest BCUT2D eigenvalue weighted by molar-refractivity contribution is 5.82. The molecule has 1 heterocycles. The topological polar surface area (TPSA) is 41.8 Å². The molecule has 3 N–H and O–H groups in total. The quantitative estimate of drug-likeness (QED) is 0.553. The Bertz CT molecular complexity index is 356. The molecule has 0 saturated carbocycles. The summed E-state index contributed by atoms with van der Waals surface area (Å²) >= 11 is 0. The largest absolute Gasteiger partial charge is 0.396 e. The van der Waals surface area contributed by atoms with Gasteiger partial charge in [-0.3, -0.25) is 0 Å². The van der Waals surface area contributed by atoms with Gasteiger partial charge in [0.05, 0.1) is 5.69 Å². The highest BCUT2D eigenvalue weighted by Crippen LogP contribution is 2.18. The maximum Gasteiger partial charge on any atom is 0.148 e. The Labute approximate surface area is 62.8 Å². The van der Waals surface area contributed by atoms with Crippen LogP contribution in [-0.4, -0.2) is 4.98 Å². The molecule has 11 heavy (non-hydrogen) atoms. The van der Waals surface area contributed by atoms with Crippen LogP contribution in [0, 0.1) is 5.82 Å². The Morgan fingerprint density at radius 2 is 2.18 bits per heavy atom. The Hall–Kier alpha value is -1.51. The number of anilines is 1. The van der Waals surface area contributed by atoms with Crippen molar-refractivity contribution >= 4 is 16.6 Å². The molecule has 0 atom stereocenters. The molecule has 2 aromatic rings. The van der Waals surface area contributed by atoms with E-state index in [0.29, 0.717) is 0 Å². The molecule has 0 fully saturated rings. The minimum atomic E-state index is -0.375. The van der Waals surface area contributed by atoms with E-state index in [2.05, 4.69) is 4.98 Å². The summed E-state index contributed by atoms with van der Waals surface area (Å²) in [5.41, 5.74) is 6.32. The summed E-state index contributed by atoms with van der Waals surface area (Å²) < 4.78 is 12.8. The van der Waals surface area contributed by atoms with E-state index in [9.17, 15) is 4.39 Å². The number of halogens is 1. The second kappa shape index (κ2) is 1.99. The van der Waals surface area contributed by atoms with Crippen molar-refractivity contribution in [2.75, 3.05) is 5.73 Å². The van der Waals surface area contributed by atoms with Gasteiger partial charge < -0.3 is 10.7 Å². The number of aromatic amines is 1. The summed E-state index contributed by atoms with van der Waals surface area (Å²) in [6.07, 6.45) is 1.75. The van der Waals surface area contributed by atoms with Crippen molar-refractivity contribution in [1.82, 2.24) is 4.98 Å². The third kappa shape index (κ3) is 0.852. The van der Waals surface area contributed by atoms with Crippen LogP contribution in [0.1, 0.15) is 0 Å². The average molecular weight is 150 g/mol. The number of benzene rings is 1. The molecule has 1 aromatic carbocycles. The zero-order chi connectivity index (χ0) is 7.84. The fourth-order valence-electron chi connectivity index (χ4n) is 1.09. The molecule has 56 valence electrons. The molecule has 0 aliphatic rings. The smallest absolute Gasteiger partial charge is 0.148 e. The van der Waals surface area contributed by atoms with Crippen molar-refractivity contribution in [3.05, 3.63) is 30.2 Å². The van der Waals surface area contributed by atoms with Crippen LogP contribution in [0.15, 0.2) is 24.4 Å². The van der Waals surface area contributed by atoms with E-state index >= 15 is 0 Å². The average Bonchev–Trinajstić information content (AvgIpc) is 2.36. The van der Waals surface area contributed by atoms with Gasteiger partial charge in [-0.2, -0.15) is 0 Å². The number of H-pyrrole nitrogens is 1. The lowest BCUT2D eigenvalue weighted by Gasteiger charge is -1.95. The number of nitrogens with one attached hydrogen (secondary N) is 1. The minimum Gasteiger partial charge on any atom is -0.396 e. The summed E-state index contributed by atoms with van der Waals surface area (Å²) in [5.74, 6) is -0.375. The predicted molar refractivity (Wildman–Crippen MR) is 42.7 cm³/mol. The normalized spacial score (nSPS) is 10.6. The molecule has 1 aromatic heterocycles. The number of nitrogens with two attached hydrogens (primary N) is 1. The van der Waals surface area contributed by atoms with Gasteiger partial charge in [-0.25, -0.2) is 4.39 Å². The highest BCUT2D eigenvalue weighted by Gasteiger charge is 2.00. The van der Waals surface area contributed by atoms with Gasteiger partial charge in [0.1, 0.15) is 5.82 Å². The van der Waals surface area contributed by atoms with Gasteiger partial charge in [0, 0.05) is 23.2 Å². The number of hydrogen-bond acceptors (Lipinski definition) is 1. The van der Waals surface area contributed by atoms with Crippen LogP contribution in [0.25, 0.3) is 10.9 Å². The molecule has 0 spiro atoms. The van der Waals surface area contributed by atoms with Crippen LogP contribution in [-0.2, 0) is 0 Å². The molecule has 0 unspecified atom stereocenters.